The molecule has 104 valence electrons. The van der Waals surface area contributed by atoms with E-state index >= 15 is 0 Å². The van der Waals surface area contributed by atoms with Crippen LogP contribution < -0.4 is 5.32 Å². The van der Waals surface area contributed by atoms with E-state index in [1.807, 2.05) is 6.07 Å². The Morgan fingerprint density at radius 2 is 2.05 bits per heavy atom. The van der Waals surface area contributed by atoms with Crippen molar-refractivity contribution in [3.63, 3.8) is 0 Å². The lowest BCUT2D eigenvalue weighted by Gasteiger charge is -2.07. The van der Waals surface area contributed by atoms with E-state index in [4.69, 9.17) is 0 Å². The molecule has 0 aliphatic rings. The Morgan fingerprint density at radius 3 is 2.70 bits per heavy atom. The second-order valence-electron chi connectivity index (χ2n) is 4.34. The highest BCUT2D eigenvalue weighted by Crippen LogP contribution is 2.27. The Balaban J connectivity index is 2.57. The molecule has 1 aromatic heterocycles. The van der Waals surface area contributed by atoms with Crippen LogP contribution in [0.4, 0.5) is 11.5 Å². The maximum atomic E-state index is 11.1. The summed E-state index contributed by atoms with van der Waals surface area (Å²) in [7, 11) is 1.77. The van der Waals surface area contributed by atoms with Crippen molar-refractivity contribution in [2.75, 3.05) is 12.4 Å². The summed E-state index contributed by atoms with van der Waals surface area (Å²) in [6, 6.07) is 8.38. The lowest BCUT2D eigenvalue weighted by molar-refractivity contribution is -0.384. The van der Waals surface area contributed by atoms with E-state index in [1.165, 1.54) is 6.07 Å². The van der Waals surface area contributed by atoms with Gasteiger partial charge in [-0.15, -0.1) is 0 Å². The minimum atomic E-state index is -0.412. The number of hydrogen-bond acceptors (Lipinski definition) is 5. The predicted molar refractivity (Wildman–Crippen MR) is 77.7 cm³/mol. The van der Waals surface area contributed by atoms with Crippen LogP contribution in [0.25, 0.3) is 11.4 Å². The fourth-order valence-electron chi connectivity index (χ4n) is 1.95. The minimum Gasteiger partial charge on any atom is -0.373 e. The van der Waals surface area contributed by atoms with E-state index in [2.05, 4.69) is 22.2 Å². The number of hydrogen-bond donors (Lipinski definition) is 1. The van der Waals surface area contributed by atoms with Crippen LogP contribution in [0.5, 0.6) is 0 Å². The molecule has 0 aliphatic carbocycles. The van der Waals surface area contributed by atoms with E-state index in [-0.39, 0.29) is 5.69 Å². The van der Waals surface area contributed by atoms with Crippen LogP contribution in [0.15, 0.2) is 30.3 Å². The van der Waals surface area contributed by atoms with E-state index in [9.17, 15) is 10.1 Å². The van der Waals surface area contributed by atoms with Gasteiger partial charge in [-0.25, -0.2) is 9.97 Å². The first kappa shape index (κ1) is 13.9. The van der Waals surface area contributed by atoms with E-state index in [1.54, 1.807) is 25.2 Å². The summed E-state index contributed by atoms with van der Waals surface area (Å²) in [6.45, 7) is 2.06. The van der Waals surface area contributed by atoms with Gasteiger partial charge in [0.05, 0.1) is 10.5 Å². The zero-order valence-corrected chi connectivity index (χ0v) is 11.5. The van der Waals surface area contributed by atoms with Gasteiger partial charge in [0.15, 0.2) is 5.82 Å². The highest BCUT2D eigenvalue weighted by Gasteiger charge is 2.17. The van der Waals surface area contributed by atoms with Crippen molar-refractivity contribution >= 4 is 11.5 Å². The monoisotopic (exact) mass is 272 g/mol. The maximum absolute atomic E-state index is 11.1. The number of nitrogens with one attached hydrogen (secondary N) is 1. The molecule has 0 fully saturated rings. The Kier molecular flexibility index (Phi) is 4.24. The summed E-state index contributed by atoms with van der Waals surface area (Å²) in [6.07, 6.45) is 1.77. The van der Waals surface area contributed by atoms with E-state index in [0.717, 1.165) is 18.5 Å². The predicted octanol–water partition coefficient (Wildman–Crippen LogP) is 3.05. The normalized spacial score (nSPS) is 10.3. The minimum absolute atomic E-state index is 0.0169. The molecule has 0 aliphatic heterocycles. The molecule has 2 aromatic rings. The average Bonchev–Trinajstić information content (AvgIpc) is 2.47. The standard InChI is InChI=1S/C14H16N4O2/c1-3-6-10-9-13(15-2)17-14(16-10)11-7-4-5-8-12(11)18(19)20/h4-5,7-9H,3,6H2,1-2H3,(H,15,16,17). The van der Waals surface area contributed by atoms with Gasteiger partial charge in [-0.2, -0.15) is 0 Å². The summed E-state index contributed by atoms with van der Waals surface area (Å²) < 4.78 is 0. The van der Waals surface area contributed by atoms with Crippen molar-refractivity contribution in [1.82, 2.24) is 9.97 Å². The van der Waals surface area contributed by atoms with Crippen molar-refractivity contribution in [3.05, 3.63) is 46.1 Å². The molecule has 0 amide bonds. The number of aryl methyl sites for hydroxylation is 1. The number of nitro benzene ring substituents is 1. The van der Waals surface area contributed by atoms with Crippen molar-refractivity contribution in [1.29, 1.82) is 0 Å². The lowest BCUT2D eigenvalue weighted by atomic mass is 10.1. The van der Waals surface area contributed by atoms with Gasteiger partial charge < -0.3 is 5.32 Å². The molecule has 0 unspecified atom stereocenters. The third kappa shape index (κ3) is 2.90. The third-order valence-electron chi connectivity index (χ3n) is 2.88. The van der Waals surface area contributed by atoms with E-state index in [0.29, 0.717) is 17.2 Å². The van der Waals surface area contributed by atoms with Crippen molar-refractivity contribution in [3.8, 4) is 11.4 Å². The van der Waals surface area contributed by atoms with Crippen LogP contribution in [-0.4, -0.2) is 21.9 Å². The molecular weight excluding hydrogens is 256 g/mol. The molecular formula is C14H16N4O2. The number of aromatic nitrogens is 2. The SMILES string of the molecule is CCCc1cc(NC)nc(-c2ccccc2[N+](=O)[O-])n1. The number of nitro groups is 1. The first-order valence-corrected chi connectivity index (χ1v) is 6.45. The second kappa shape index (κ2) is 6.10. The molecule has 2 rings (SSSR count). The van der Waals surface area contributed by atoms with Crippen LogP contribution in [0.1, 0.15) is 19.0 Å². The van der Waals surface area contributed by atoms with Crippen LogP contribution in [-0.2, 0) is 6.42 Å². The smallest absolute Gasteiger partial charge is 0.280 e. The molecule has 20 heavy (non-hydrogen) atoms. The molecule has 1 aromatic carbocycles. The zero-order valence-electron chi connectivity index (χ0n) is 11.5. The third-order valence-corrected chi connectivity index (χ3v) is 2.88. The molecule has 0 saturated heterocycles. The number of benzene rings is 1. The Labute approximate surface area is 117 Å². The summed E-state index contributed by atoms with van der Waals surface area (Å²) in [4.78, 5) is 19.4. The molecule has 6 heteroatoms. The van der Waals surface area contributed by atoms with Crippen LogP contribution in [0.2, 0.25) is 0 Å². The van der Waals surface area contributed by atoms with Crippen LogP contribution >= 0.6 is 0 Å². The Hall–Kier alpha value is -2.50. The lowest BCUT2D eigenvalue weighted by Crippen LogP contribution is -2.02. The second-order valence-corrected chi connectivity index (χ2v) is 4.34. The summed E-state index contributed by atoms with van der Waals surface area (Å²) in [5.41, 5.74) is 1.33. The average molecular weight is 272 g/mol. The molecule has 0 bridgehead atoms. The highest BCUT2D eigenvalue weighted by molar-refractivity contribution is 5.68. The van der Waals surface area contributed by atoms with Gasteiger partial charge in [0.1, 0.15) is 5.82 Å². The molecule has 0 spiro atoms. The summed E-state index contributed by atoms with van der Waals surface area (Å²) >= 11 is 0. The number of rotatable bonds is 5. The largest absolute Gasteiger partial charge is 0.373 e. The summed E-state index contributed by atoms with van der Waals surface area (Å²) in [5, 5.41) is 14.1. The fraction of sp³-hybridized carbons (Fsp3) is 0.286. The van der Waals surface area contributed by atoms with Gasteiger partial charge in [0.2, 0.25) is 0 Å². The molecule has 0 radical (unpaired) electrons. The van der Waals surface area contributed by atoms with E-state index < -0.39 is 4.92 Å². The number of anilines is 1. The van der Waals surface area contributed by atoms with Crippen LogP contribution in [0.3, 0.4) is 0 Å². The van der Waals surface area contributed by atoms with Crippen molar-refractivity contribution in [2.45, 2.75) is 19.8 Å². The first-order valence-electron chi connectivity index (χ1n) is 6.45. The summed E-state index contributed by atoms with van der Waals surface area (Å²) in [5.74, 6) is 1.05. The van der Waals surface area contributed by atoms with Gasteiger partial charge >= 0.3 is 0 Å². The van der Waals surface area contributed by atoms with Gasteiger partial charge in [-0.1, -0.05) is 25.5 Å². The molecule has 0 atom stereocenters. The van der Waals surface area contributed by atoms with Gasteiger partial charge in [-0.05, 0) is 12.5 Å². The van der Waals surface area contributed by atoms with Gasteiger partial charge in [-0.3, -0.25) is 10.1 Å². The van der Waals surface area contributed by atoms with Crippen LogP contribution in [0, 0.1) is 10.1 Å². The Bertz CT molecular complexity index is 628. The van der Waals surface area contributed by atoms with Crippen molar-refractivity contribution in [2.24, 2.45) is 0 Å². The van der Waals surface area contributed by atoms with Gasteiger partial charge in [0, 0.05) is 24.9 Å². The Morgan fingerprint density at radius 1 is 1.30 bits per heavy atom. The number of nitrogens with zero attached hydrogens (tertiary/aromatic N) is 3. The molecule has 1 heterocycles. The first-order chi connectivity index (χ1) is 9.65. The molecule has 6 nitrogen and oxygen atoms in total. The topological polar surface area (TPSA) is 81.0 Å². The maximum Gasteiger partial charge on any atom is 0.280 e. The number of para-hydroxylation sites is 1. The molecule has 0 saturated carbocycles. The van der Waals surface area contributed by atoms with Crippen molar-refractivity contribution < 1.29 is 4.92 Å². The van der Waals surface area contributed by atoms with Gasteiger partial charge in [0.25, 0.3) is 5.69 Å². The fourth-order valence-corrected chi connectivity index (χ4v) is 1.95. The quantitative estimate of drug-likeness (QED) is 0.668. The zero-order chi connectivity index (χ0) is 14.5. The highest BCUT2D eigenvalue weighted by atomic mass is 16.6. The molecule has 1 N–H and O–H groups in total.